The van der Waals surface area contributed by atoms with Gasteiger partial charge in [0.25, 0.3) is 11.8 Å². The van der Waals surface area contributed by atoms with Crippen molar-refractivity contribution in [2.24, 2.45) is 5.10 Å². The third-order valence-corrected chi connectivity index (χ3v) is 5.56. The van der Waals surface area contributed by atoms with Crippen LogP contribution in [0.25, 0.3) is 0 Å². The predicted octanol–water partition coefficient (Wildman–Crippen LogP) is 2.33. The molecule has 0 fully saturated rings. The van der Waals surface area contributed by atoms with Crippen molar-refractivity contribution >= 4 is 30.5 Å². The Morgan fingerprint density at radius 3 is 2.52 bits per heavy atom. The minimum atomic E-state index is -0.963. The Bertz CT molecular complexity index is 1090. The number of fused-ring (bicyclic) bond motifs is 1. The van der Waals surface area contributed by atoms with E-state index < -0.39 is 18.5 Å². The fourth-order valence-corrected chi connectivity index (χ4v) is 3.69. The normalized spacial score (nSPS) is 13.1. The van der Waals surface area contributed by atoms with Crippen LogP contribution in [0.15, 0.2) is 41.5 Å². The van der Waals surface area contributed by atoms with Crippen molar-refractivity contribution in [1.82, 2.24) is 15.4 Å². The minimum absolute atomic E-state index is 0.0137. The minimum Gasteiger partial charge on any atom is -0.496 e. The van der Waals surface area contributed by atoms with E-state index in [1.165, 1.54) is 5.01 Å². The highest BCUT2D eigenvalue weighted by atomic mass is 16.5. The molecule has 0 spiro atoms. The number of ether oxygens (including phenoxy) is 1. The zero-order valence-corrected chi connectivity index (χ0v) is 20.2. The summed E-state index contributed by atoms with van der Waals surface area (Å²) in [7, 11) is 0.583. The Labute approximate surface area is 195 Å². The number of rotatable bonds is 4. The van der Waals surface area contributed by atoms with Crippen LogP contribution >= 0.6 is 0 Å². The van der Waals surface area contributed by atoms with E-state index in [0.717, 1.165) is 5.56 Å². The van der Waals surface area contributed by atoms with Gasteiger partial charge >= 0.3 is 7.05 Å². The molecule has 1 aliphatic rings. The number of carbonyl (C=O) groups excluding carboxylic acids is 2. The quantitative estimate of drug-likeness (QED) is 0.551. The molecule has 0 saturated carbocycles. The molecule has 0 bridgehead atoms. The molecule has 2 N–H and O–H groups in total. The molecule has 0 saturated heterocycles. The van der Waals surface area contributed by atoms with Crippen LogP contribution in [0.1, 0.15) is 66.5 Å². The van der Waals surface area contributed by atoms with Gasteiger partial charge in [-0.2, -0.15) is 5.10 Å². The summed E-state index contributed by atoms with van der Waals surface area (Å²) >= 11 is 0. The first-order valence-electron chi connectivity index (χ1n) is 10.9. The first kappa shape index (κ1) is 24.3. The summed E-state index contributed by atoms with van der Waals surface area (Å²) in [5.41, 5.74) is 4.85. The van der Waals surface area contributed by atoms with E-state index in [-0.39, 0.29) is 11.9 Å². The van der Waals surface area contributed by atoms with Gasteiger partial charge < -0.3 is 14.7 Å². The summed E-state index contributed by atoms with van der Waals surface area (Å²) in [5.74, 6) is -0.202. The lowest BCUT2D eigenvalue weighted by Gasteiger charge is -2.36. The van der Waals surface area contributed by atoms with Crippen molar-refractivity contribution in [3.8, 4) is 5.75 Å². The highest BCUT2D eigenvalue weighted by Crippen LogP contribution is 2.22. The maximum Gasteiger partial charge on any atom is 0.467 e. The van der Waals surface area contributed by atoms with Crippen molar-refractivity contribution in [2.45, 2.75) is 53.1 Å². The summed E-state index contributed by atoms with van der Waals surface area (Å²) in [4.78, 5) is 28.2. The van der Waals surface area contributed by atoms with Crippen LogP contribution in [0.2, 0.25) is 0 Å². The second-order valence-corrected chi connectivity index (χ2v) is 9.32. The van der Waals surface area contributed by atoms with Gasteiger partial charge in [0, 0.05) is 22.7 Å². The van der Waals surface area contributed by atoms with Crippen LogP contribution in [0, 0.1) is 6.92 Å². The maximum absolute atomic E-state index is 13.5. The second-order valence-electron chi connectivity index (χ2n) is 9.32. The van der Waals surface area contributed by atoms with Crippen molar-refractivity contribution < 1.29 is 19.3 Å². The van der Waals surface area contributed by atoms with Gasteiger partial charge in [0.15, 0.2) is 0 Å². The second kappa shape index (κ2) is 9.27. The number of amides is 2. The lowest BCUT2D eigenvalue weighted by molar-refractivity contribution is 0.0358. The third-order valence-electron chi connectivity index (χ3n) is 5.56. The van der Waals surface area contributed by atoms with Gasteiger partial charge in [0.1, 0.15) is 5.75 Å². The molecule has 1 aliphatic heterocycles. The Balaban J connectivity index is 1.93. The molecular formula is C24H31BN4O4. The highest BCUT2D eigenvalue weighted by molar-refractivity contribution is 6.65. The fraction of sp³-hybridized carbons (Fsp3) is 0.375. The van der Waals surface area contributed by atoms with Crippen LogP contribution in [-0.2, 0) is 0 Å². The highest BCUT2D eigenvalue weighted by Gasteiger charge is 2.34. The van der Waals surface area contributed by atoms with Crippen molar-refractivity contribution in [2.75, 3.05) is 7.11 Å². The predicted molar refractivity (Wildman–Crippen MR) is 130 cm³/mol. The van der Waals surface area contributed by atoms with Gasteiger partial charge in [0.05, 0.1) is 18.9 Å². The lowest BCUT2D eigenvalue weighted by Crippen LogP contribution is -2.56. The van der Waals surface area contributed by atoms with Gasteiger partial charge in [-0.15, -0.1) is 0 Å². The Hall–Kier alpha value is -3.33. The first-order chi connectivity index (χ1) is 15.5. The first-order valence-corrected chi connectivity index (χ1v) is 10.9. The van der Waals surface area contributed by atoms with Gasteiger partial charge in [0.2, 0.25) is 0 Å². The largest absolute Gasteiger partial charge is 0.496 e. The lowest BCUT2D eigenvalue weighted by atomic mass is 9.68. The number of hydrogen-bond acceptors (Lipinski definition) is 6. The number of benzene rings is 2. The van der Waals surface area contributed by atoms with Crippen LogP contribution in [0.4, 0.5) is 0 Å². The van der Waals surface area contributed by atoms with Crippen LogP contribution in [0.3, 0.4) is 0 Å². The molecule has 0 unspecified atom stereocenters. The Morgan fingerprint density at radius 2 is 1.91 bits per heavy atom. The maximum atomic E-state index is 13.5. The monoisotopic (exact) mass is 450 g/mol. The summed E-state index contributed by atoms with van der Waals surface area (Å²) < 4.78 is 5.31. The molecule has 33 heavy (non-hydrogen) atoms. The molecule has 0 atom stereocenters. The van der Waals surface area contributed by atoms with E-state index in [4.69, 9.17) is 4.74 Å². The third kappa shape index (κ3) is 4.88. The molecular weight excluding hydrogens is 419 g/mol. The van der Waals surface area contributed by atoms with Crippen LogP contribution in [0.5, 0.6) is 5.75 Å². The molecule has 174 valence electrons. The zero-order valence-electron chi connectivity index (χ0n) is 20.2. The summed E-state index contributed by atoms with van der Waals surface area (Å²) in [6.45, 7) is 11.2. The van der Waals surface area contributed by atoms with E-state index in [0.29, 0.717) is 27.9 Å². The average molecular weight is 450 g/mol. The van der Waals surface area contributed by atoms with E-state index in [2.05, 4.69) is 10.5 Å². The number of hydrogen-bond donors (Lipinski definition) is 2. The van der Waals surface area contributed by atoms with Gasteiger partial charge in [-0.05, 0) is 76.8 Å². The molecule has 0 aliphatic carbocycles. The average Bonchev–Trinajstić information content (AvgIpc) is 2.76. The van der Waals surface area contributed by atoms with Crippen molar-refractivity contribution in [3.05, 3.63) is 58.7 Å². The van der Waals surface area contributed by atoms with Gasteiger partial charge in [-0.3, -0.25) is 15.0 Å². The summed E-state index contributed by atoms with van der Waals surface area (Å²) in [6, 6.07) is 10.3. The van der Waals surface area contributed by atoms with Gasteiger partial charge in [-0.1, -0.05) is 12.1 Å². The molecule has 3 rings (SSSR count). The van der Waals surface area contributed by atoms with Gasteiger partial charge in [-0.25, -0.2) is 5.01 Å². The molecule has 1 heterocycles. The number of hydrazone groups is 1. The SMILES string of the molecule is COc1cccc(C(=O)NN(C(=O)c2ccc3c(c2)B(O)N(C(C)C)N=C3)C(C)(C)C)c1C. The molecule has 2 amide bonds. The zero-order chi connectivity index (χ0) is 24.5. The van der Waals surface area contributed by atoms with E-state index in [1.807, 2.05) is 34.6 Å². The molecule has 0 aromatic heterocycles. The molecule has 2 aromatic carbocycles. The summed E-state index contributed by atoms with van der Waals surface area (Å²) in [5, 5.41) is 16.4. The van der Waals surface area contributed by atoms with Crippen molar-refractivity contribution in [3.63, 3.8) is 0 Å². The number of nitrogens with one attached hydrogen (secondary N) is 1. The van der Waals surface area contributed by atoms with Crippen LogP contribution in [-0.4, -0.2) is 58.7 Å². The number of nitrogens with zero attached hydrogens (tertiary/aromatic N) is 3. The summed E-state index contributed by atoms with van der Waals surface area (Å²) in [6.07, 6.45) is 1.67. The molecule has 9 heteroatoms. The van der Waals surface area contributed by atoms with E-state index in [9.17, 15) is 14.6 Å². The Kier molecular flexibility index (Phi) is 6.83. The van der Waals surface area contributed by atoms with E-state index >= 15 is 0 Å². The smallest absolute Gasteiger partial charge is 0.467 e. The molecule has 8 nitrogen and oxygen atoms in total. The van der Waals surface area contributed by atoms with Crippen LogP contribution < -0.4 is 15.6 Å². The number of carbonyl (C=O) groups is 2. The number of hydrazine groups is 1. The number of methoxy groups -OCH3 is 1. The standard InChI is InChI=1S/C24H31BN4O4/c1-15(2)29-25(32)20-13-17(11-12-18(20)14-26-29)23(31)28(24(4,5)6)27-22(30)19-9-8-10-21(33-7)16(19)3/h8-15,32H,1-7H3,(H,27,30). The molecule has 0 radical (unpaired) electrons. The van der Waals surface area contributed by atoms with Crippen molar-refractivity contribution in [1.29, 1.82) is 0 Å². The topological polar surface area (TPSA) is 94.5 Å². The fourth-order valence-electron chi connectivity index (χ4n) is 3.69. The Morgan fingerprint density at radius 1 is 1.21 bits per heavy atom. The van der Waals surface area contributed by atoms with E-state index in [1.54, 1.807) is 61.6 Å². The molecule has 2 aromatic rings.